The molecule has 0 saturated carbocycles. The second-order valence-corrected chi connectivity index (χ2v) is 5.38. The third-order valence-electron chi connectivity index (χ3n) is 3.80. The Morgan fingerprint density at radius 1 is 0.818 bits per heavy atom. The van der Waals surface area contributed by atoms with Gasteiger partial charge in [-0.2, -0.15) is 5.12 Å². The summed E-state index contributed by atoms with van der Waals surface area (Å²) < 4.78 is 0. The summed E-state index contributed by atoms with van der Waals surface area (Å²) in [4.78, 5) is 17.2. The standard InChI is InChI=1S/C10H10N10O8.5CH4/c21-17(22)3-1-4-6(5(2-3)18(23)24)13-16-8-7(14-15(4)16)9(19(25)26)12-10(11-8)20(27)28;;;;;/h1-2,13-14,21-26H;5*1H4. The molecule has 0 spiro atoms. The molecule has 3 heterocycles. The van der Waals surface area contributed by atoms with Gasteiger partial charge < -0.3 is 10.1 Å². The van der Waals surface area contributed by atoms with Crippen molar-refractivity contribution in [2.75, 3.05) is 36.8 Å². The van der Waals surface area contributed by atoms with E-state index in [-0.39, 0.29) is 81.8 Å². The minimum atomic E-state index is -0.957. The van der Waals surface area contributed by atoms with Crippen molar-refractivity contribution in [1.29, 1.82) is 0 Å². The summed E-state index contributed by atoms with van der Waals surface area (Å²) in [5.41, 5.74) is 4.62. The average Bonchev–Trinajstić information content (AvgIpc) is 3.15. The number of benzene rings is 1. The number of hydrogen-bond acceptors (Lipinski definition) is 17. The normalized spacial score (nSPS) is 11.3. The smallest absolute Gasteiger partial charge is 0.390 e. The number of anilines is 7. The van der Waals surface area contributed by atoms with Gasteiger partial charge in [0, 0.05) is 0 Å². The summed E-state index contributed by atoms with van der Waals surface area (Å²) in [6.07, 6.45) is 0. The summed E-state index contributed by atoms with van der Waals surface area (Å²) >= 11 is 0. The molecular weight excluding hydrogens is 448 g/mol. The molecule has 0 unspecified atom stereocenters. The lowest BCUT2D eigenvalue weighted by atomic mass is 10.2. The third kappa shape index (κ3) is 4.64. The third-order valence-corrected chi connectivity index (χ3v) is 3.80. The van der Waals surface area contributed by atoms with Gasteiger partial charge in [-0.25, -0.2) is 0 Å². The van der Waals surface area contributed by atoms with Gasteiger partial charge in [0.15, 0.2) is 5.69 Å². The second-order valence-electron chi connectivity index (χ2n) is 5.38. The second kappa shape index (κ2) is 10.6. The van der Waals surface area contributed by atoms with Crippen LogP contribution in [0.3, 0.4) is 0 Å². The van der Waals surface area contributed by atoms with Gasteiger partial charge in [0.25, 0.3) is 11.6 Å². The predicted molar refractivity (Wildman–Crippen MR) is 119 cm³/mol. The minimum Gasteiger partial charge on any atom is -0.390 e. The molecular formula is C15H30N10O8. The lowest BCUT2D eigenvalue weighted by Crippen LogP contribution is -2.40. The topological polar surface area (TPSA) is 231 Å². The maximum atomic E-state index is 11.0. The zero-order valence-corrected chi connectivity index (χ0v) is 13.2. The molecule has 4 rings (SSSR count). The maximum Gasteiger partial charge on any atom is 0.473 e. The van der Waals surface area contributed by atoms with Crippen molar-refractivity contribution in [2.45, 2.75) is 37.1 Å². The number of nitro groups is 1. The Morgan fingerprint density at radius 2 is 1.39 bits per heavy atom. The molecule has 0 amide bonds. The molecule has 0 bridgehead atoms. The maximum absolute atomic E-state index is 11.0. The monoisotopic (exact) mass is 478 g/mol. The molecule has 0 atom stereocenters. The van der Waals surface area contributed by atoms with Gasteiger partial charge in [0.1, 0.15) is 17.1 Å². The largest absolute Gasteiger partial charge is 0.473 e. The van der Waals surface area contributed by atoms with Crippen molar-refractivity contribution in [1.82, 2.24) is 9.97 Å². The van der Waals surface area contributed by atoms with E-state index in [4.69, 9.17) is 0 Å². The van der Waals surface area contributed by atoms with Gasteiger partial charge in [-0.1, -0.05) is 42.4 Å². The minimum absolute atomic E-state index is 0. The Labute approximate surface area is 189 Å². The summed E-state index contributed by atoms with van der Waals surface area (Å²) in [6.45, 7) is 0. The van der Waals surface area contributed by atoms with E-state index in [1.54, 1.807) is 0 Å². The first-order valence-electron chi connectivity index (χ1n) is 7.10. The fourth-order valence-corrected chi connectivity index (χ4v) is 2.69. The molecule has 1 aromatic heterocycles. The van der Waals surface area contributed by atoms with Crippen LogP contribution >= 0.6 is 0 Å². The molecule has 2 aliphatic rings. The van der Waals surface area contributed by atoms with Crippen molar-refractivity contribution in [3.05, 3.63) is 22.2 Å². The summed E-state index contributed by atoms with van der Waals surface area (Å²) in [6, 6.07) is 2.18. The fourth-order valence-electron chi connectivity index (χ4n) is 2.69. The Balaban J connectivity index is 0. The van der Waals surface area contributed by atoms with E-state index in [0.717, 1.165) is 16.3 Å². The van der Waals surface area contributed by atoms with E-state index in [9.17, 15) is 41.4 Å². The van der Waals surface area contributed by atoms with Gasteiger partial charge in [-0.15, -0.1) is 15.6 Å². The van der Waals surface area contributed by atoms with E-state index in [1.165, 1.54) is 6.07 Å². The molecule has 2 aromatic rings. The zero-order valence-electron chi connectivity index (χ0n) is 13.2. The number of hydrazine groups is 3. The molecule has 33 heavy (non-hydrogen) atoms. The molecule has 188 valence electrons. The van der Waals surface area contributed by atoms with Crippen molar-refractivity contribution in [2.24, 2.45) is 0 Å². The number of nitrogens with zero attached hydrogens (tertiary/aromatic N) is 8. The molecule has 0 radical (unpaired) electrons. The molecule has 1 aromatic carbocycles. The van der Waals surface area contributed by atoms with Crippen LogP contribution in [0.15, 0.2) is 12.1 Å². The molecule has 2 aliphatic heterocycles. The Morgan fingerprint density at radius 3 is 1.88 bits per heavy atom. The average molecular weight is 478 g/mol. The quantitative estimate of drug-likeness (QED) is 0.233. The SMILES string of the molecule is C.C.C.C.C.O=[N+]([O-])c1nc(N(O)O)c2c(n1)N1Nc3c(N(O)O)cc(N(O)O)cc3N1N2. The van der Waals surface area contributed by atoms with Gasteiger partial charge in [0.2, 0.25) is 0 Å². The van der Waals surface area contributed by atoms with Crippen LogP contribution in [0.2, 0.25) is 0 Å². The Kier molecular flexibility index (Phi) is 10.0. The van der Waals surface area contributed by atoms with Crippen LogP contribution in [0, 0.1) is 10.1 Å². The molecule has 8 N–H and O–H groups in total. The highest BCUT2D eigenvalue weighted by atomic mass is 16.8. The molecule has 0 aliphatic carbocycles. The summed E-state index contributed by atoms with van der Waals surface area (Å²) in [5.74, 6) is -1.82. The summed E-state index contributed by atoms with van der Waals surface area (Å²) in [5, 5.41) is 68.2. The Bertz CT molecular complexity index is 990. The van der Waals surface area contributed by atoms with Crippen molar-refractivity contribution < 1.29 is 36.2 Å². The van der Waals surface area contributed by atoms with Gasteiger partial charge in [0.05, 0.1) is 5.69 Å². The predicted octanol–water partition coefficient (Wildman–Crippen LogP) is 3.23. The van der Waals surface area contributed by atoms with E-state index in [0.29, 0.717) is 0 Å². The van der Waals surface area contributed by atoms with Gasteiger partial charge in [-0.05, 0) is 27.0 Å². The van der Waals surface area contributed by atoms with Crippen molar-refractivity contribution in [3.8, 4) is 0 Å². The van der Waals surface area contributed by atoms with E-state index in [2.05, 4.69) is 20.8 Å². The van der Waals surface area contributed by atoms with Crippen LogP contribution in [-0.4, -0.2) is 46.1 Å². The molecule has 18 nitrogen and oxygen atoms in total. The van der Waals surface area contributed by atoms with E-state index >= 15 is 0 Å². The van der Waals surface area contributed by atoms with Crippen LogP contribution in [0.4, 0.5) is 46.0 Å². The van der Waals surface area contributed by atoms with Crippen LogP contribution in [-0.2, 0) is 0 Å². The van der Waals surface area contributed by atoms with E-state index < -0.39 is 21.9 Å². The lowest BCUT2D eigenvalue weighted by Gasteiger charge is -2.20. The fraction of sp³-hybridized carbons (Fsp3) is 0.333. The van der Waals surface area contributed by atoms with Gasteiger partial charge >= 0.3 is 5.95 Å². The number of aromatic nitrogens is 2. The van der Waals surface area contributed by atoms with Crippen LogP contribution in [0.1, 0.15) is 37.1 Å². The first-order valence-corrected chi connectivity index (χ1v) is 7.10. The van der Waals surface area contributed by atoms with Crippen molar-refractivity contribution >= 4 is 46.0 Å². The Hall–Kier alpha value is -3.94. The van der Waals surface area contributed by atoms with Crippen molar-refractivity contribution in [3.63, 3.8) is 0 Å². The van der Waals surface area contributed by atoms with Crippen LogP contribution < -0.4 is 36.8 Å². The highest BCUT2D eigenvalue weighted by Gasteiger charge is 2.45. The number of hydrogen-bond donors (Lipinski definition) is 8. The van der Waals surface area contributed by atoms with Crippen LogP contribution in [0.25, 0.3) is 0 Å². The highest BCUT2D eigenvalue weighted by molar-refractivity contribution is 5.98. The lowest BCUT2D eigenvalue weighted by molar-refractivity contribution is -0.394. The summed E-state index contributed by atoms with van der Waals surface area (Å²) in [7, 11) is 0. The number of fused-ring (bicyclic) bond motifs is 5. The van der Waals surface area contributed by atoms with Gasteiger partial charge in [-0.3, -0.25) is 42.1 Å². The first-order chi connectivity index (χ1) is 13.2. The first kappa shape index (κ1) is 31.2. The highest BCUT2D eigenvalue weighted by Crippen LogP contribution is 2.50. The van der Waals surface area contributed by atoms with Crippen LogP contribution in [0.5, 0.6) is 0 Å². The number of nitrogens with one attached hydrogen (secondary N) is 2. The molecule has 0 fully saturated rings. The zero-order chi connectivity index (χ0) is 20.3. The van der Waals surface area contributed by atoms with E-state index in [1.807, 2.05) is 0 Å². The molecule has 18 heteroatoms. The number of rotatable bonds is 4. The molecule has 0 saturated heterocycles.